The molecule has 0 heterocycles. The van der Waals surface area contributed by atoms with Crippen LogP contribution in [-0.4, -0.2) is 19.1 Å². The molecule has 1 aliphatic rings. The van der Waals surface area contributed by atoms with E-state index in [9.17, 15) is 4.79 Å². The summed E-state index contributed by atoms with van der Waals surface area (Å²) in [5.74, 6) is 0.370. The Kier molecular flexibility index (Phi) is 5.18. The van der Waals surface area contributed by atoms with Gasteiger partial charge in [0, 0.05) is 18.2 Å². The zero-order valence-corrected chi connectivity index (χ0v) is 12.3. The summed E-state index contributed by atoms with van der Waals surface area (Å²) in [6.07, 6.45) is 4.00. The van der Waals surface area contributed by atoms with E-state index in [0.29, 0.717) is 17.9 Å². The maximum atomic E-state index is 11.5. The smallest absolute Gasteiger partial charge is 0.222 e. The molecule has 1 amide bonds. The van der Waals surface area contributed by atoms with Crippen LogP contribution in [0.3, 0.4) is 0 Å². The van der Waals surface area contributed by atoms with E-state index in [0.717, 1.165) is 31.2 Å². The van der Waals surface area contributed by atoms with Crippen molar-refractivity contribution in [2.45, 2.75) is 38.3 Å². The zero-order chi connectivity index (χ0) is 15.2. The number of nitrogens with two attached hydrogens (primary N) is 1. The minimum absolute atomic E-state index is 0.0943. The molecule has 1 aromatic carbocycles. The predicted octanol–water partition coefficient (Wildman–Crippen LogP) is 1.70. The molecule has 0 radical (unpaired) electrons. The number of nitriles is 1. The number of carbonyl (C=O) groups is 1. The normalized spacial score (nSPS) is 21.5. The summed E-state index contributed by atoms with van der Waals surface area (Å²) in [7, 11) is 1.59. The number of methoxy groups -OCH3 is 1. The Morgan fingerprint density at radius 3 is 2.90 bits per heavy atom. The van der Waals surface area contributed by atoms with E-state index in [1.807, 2.05) is 6.07 Å². The fourth-order valence-electron chi connectivity index (χ4n) is 2.92. The van der Waals surface area contributed by atoms with Gasteiger partial charge in [-0.15, -0.1) is 0 Å². The Labute approximate surface area is 125 Å². The third-order valence-electron chi connectivity index (χ3n) is 4.10. The summed E-state index contributed by atoms with van der Waals surface area (Å²) in [6, 6.07) is 7.59. The number of nitrogens with zero attached hydrogens (tertiary/aromatic N) is 1. The third kappa shape index (κ3) is 3.73. The van der Waals surface area contributed by atoms with Crippen molar-refractivity contribution in [3.63, 3.8) is 0 Å². The molecule has 112 valence electrons. The lowest BCUT2D eigenvalue weighted by molar-refractivity contribution is -0.123. The van der Waals surface area contributed by atoms with Gasteiger partial charge in [-0.05, 0) is 25.0 Å². The molecule has 0 aliphatic heterocycles. The lowest BCUT2D eigenvalue weighted by atomic mass is 9.84. The van der Waals surface area contributed by atoms with Gasteiger partial charge in [0.15, 0.2) is 0 Å². The van der Waals surface area contributed by atoms with Crippen LogP contribution >= 0.6 is 0 Å². The Bertz CT molecular complexity index is 551. The van der Waals surface area contributed by atoms with Gasteiger partial charge >= 0.3 is 0 Å². The molecule has 0 unspecified atom stereocenters. The summed E-state index contributed by atoms with van der Waals surface area (Å²) in [5, 5.41) is 12.3. The van der Waals surface area contributed by atoms with Crippen LogP contribution in [0.4, 0.5) is 0 Å². The number of benzene rings is 1. The van der Waals surface area contributed by atoms with E-state index in [2.05, 4.69) is 11.4 Å². The van der Waals surface area contributed by atoms with Crippen LogP contribution in [0.1, 0.15) is 36.8 Å². The SMILES string of the molecule is COc1cc(C#N)ccc1CN[C@@H]1CCCC[C@H]1C(N)=O. The summed E-state index contributed by atoms with van der Waals surface area (Å²) >= 11 is 0. The van der Waals surface area contributed by atoms with E-state index in [1.165, 1.54) is 0 Å². The number of nitrogens with one attached hydrogen (secondary N) is 1. The van der Waals surface area contributed by atoms with E-state index in [-0.39, 0.29) is 17.9 Å². The molecular weight excluding hydrogens is 266 g/mol. The molecule has 1 aromatic rings. The van der Waals surface area contributed by atoms with Crippen LogP contribution < -0.4 is 15.8 Å². The number of amides is 1. The van der Waals surface area contributed by atoms with E-state index >= 15 is 0 Å². The number of rotatable bonds is 5. The minimum Gasteiger partial charge on any atom is -0.496 e. The van der Waals surface area contributed by atoms with Crippen molar-refractivity contribution in [3.8, 4) is 11.8 Å². The number of ether oxygens (including phenoxy) is 1. The number of hydrogen-bond acceptors (Lipinski definition) is 4. The van der Waals surface area contributed by atoms with Crippen molar-refractivity contribution in [1.29, 1.82) is 5.26 Å². The Balaban J connectivity index is 2.05. The van der Waals surface area contributed by atoms with Crippen LogP contribution in [0.15, 0.2) is 18.2 Å². The van der Waals surface area contributed by atoms with Gasteiger partial charge in [0.25, 0.3) is 0 Å². The highest BCUT2D eigenvalue weighted by atomic mass is 16.5. The molecule has 3 N–H and O–H groups in total. The molecular formula is C16H21N3O2. The molecule has 1 aliphatic carbocycles. The second-order valence-corrected chi connectivity index (χ2v) is 5.42. The lowest BCUT2D eigenvalue weighted by Gasteiger charge is -2.30. The minimum atomic E-state index is -0.223. The molecule has 0 aromatic heterocycles. The van der Waals surface area contributed by atoms with Crippen molar-refractivity contribution in [2.24, 2.45) is 11.7 Å². The highest BCUT2D eigenvalue weighted by molar-refractivity contribution is 5.77. The lowest BCUT2D eigenvalue weighted by Crippen LogP contribution is -2.44. The topological polar surface area (TPSA) is 88.1 Å². The fourth-order valence-corrected chi connectivity index (χ4v) is 2.92. The van der Waals surface area contributed by atoms with Gasteiger partial charge in [-0.3, -0.25) is 4.79 Å². The highest BCUT2D eigenvalue weighted by Gasteiger charge is 2.28. The van der Waals surface area contributed by atoms with Gasteiger partial charge in [0.2, 0.25) is 5.91 Å². The second kappa shape index (κ2) is 7.09. The first-order valence-electron chi connectivity index (χ1n) is 7.25. The number of primary amides is 1. The van der Waals surface area contributed by atoms with Crippen LogP contribution in [-0.2, 0) is 11.3 Å². The average molecular weight is 287 g/mol. The monoisotopic (exact) mass is 287 g/mol. The van der Waals surface area contributed by atoms with Crippen molar-refractivity contribution in [1.82, 2.24) is 5.32 Å². The summed E-state index contributed by atoms with van der Waals surface area (Å²) in [4.78, 5) is 11.5. The molecule has 2 atom stereocenters. The average Bonchev–Trinajstić information content (AvgIpc) is 2.52. The molecule has 0 saturated heterocycles. The van der Waals surface area contributed by atoms with Crippen molar-refractivity contribution in [2.75, 3.05) is 7.11 Å². The first kappa shape index (κ1) is 15.3. The van der Waals surface area contributed by atoms with Crippen LogP contribution in [0.25, 0.3) is 0 Å². The zero-order valence-electron chi connectivity index (χ0n) is 12.3. The molecule has 21 heavy (non-hydrogen) atoms. The third-order valence-corrected chi connectivity index (χ3v) is 4.10. The summed E-state index contributed by atoms with van der Waals surface area (Å²) < 4.78 is 5.32. The summed E-state index contributed by atoms with van der Waals surface area (Å²) in [6.45, 7) is 0.601. The first-order valence-corrected chi connectivity index (χ1v) is 7.25. The summed E-state index contributed by atoms with van der Waals surface area (Å²) in [5.41, 5.74) is 7.03. The van der Waals surface area contributed by atoms with Gasteiger partial charge in [0.05, 0.1) is 24.7 Å². The van der Waals surface area contributed by atoms with Crippen molar-refractivity contribution >= 4 is 5.91 Å². The fraction of sp³-hybridized carbons (Fsp3) is 0.500. The maximum Gasteiger partial charge on any atom is 0.222 e. The molecule has 0 spiro atoms. The van der Waals surface area contributed by atoms with Crippen LogP contribution in [0, 0.1) is 17.2 Å². The van der Waals surface area contributed by atoms with E-state index in [4.69, 9.17) is 15.7 Å². The van der Waals surface area contributed by atoms with Crippen LogP contribution in [0.2, 0.25) is 0 Å². The molecule has 1 saturated carbocycles. The van der Waals surface area contributed by atoms with E-state index in [1.54, 1.807) is 19.2 Å². The first-order chi connectivity index (χ1) is 10.2. The van der Waals surface area contributed by atoms with Gasteiger partial charge in [-0.1, -0.05) is 18.9 Å². The molecule has 2 rings (SSSR count). The molecule has 1 fully saturated rings. The van der Waals surface area contributed by atoms with Crippen molar-refractivity contribution < 1.29 is 9.53 Å². The highest BCUT2D eigenvalue weighted by Crippen LogP contribution is 2.26. The Morgan fingerprint density at radius 1 is 1.48 bits per heavy atom. The van der Waals surface area contributed by atoms with Gasteiger partial charge in [0.1, 0.15) is 5.75 Å². The molecule has 0 bridgehead atoms. The maximum absolute atomic E-state index is 11.5. The Morgan fingerprint density at radius 2 is 2.24 bits per heavy atom. The number of carbonyl (C=O) groups excluding carboxylic acids is 1. The predicted molar refractivity (Wildman–Crippen MR) is 79.5 cm³/mol. The van der Waals surface area contributed by atoms with E-state index < -0.39 is 0 Å². The Hall–Kier alpha value is -2.06. The van der Waals surface area contributed by atoms with Crippen LogP contribution in [0.5, 0.6) is 5.75 Å². The quantitative estimate of drug-likeness (QED) is 0.862. The molecule has 5 nitrogen and oxygen atoms in total. The van der Waals surface area contributed by atoms with Gasteiger partial charge in [-0.25, -0.2) is 0 Å². The van der Waals surface area contributed by atoms with Gasteiger partial charge < -0.3 is 15.8 Å². The molecule has 5 heteroatoms. The number of hydrogen-bond donors (Lipinski definition) is 2. The largest absolute Gasteiger partial charge is 0.496 e. The second-order valence-electron chi connectivity index (χ2n) is 5.42. The van der Waals surface area contributed by atoms with Gasteiger partial charge in [-0.2, -0.15) is 5.26 Å². The standard InChI is InChI=1S/C16H21N3O2/c1-21-15-8-11(9-17)6-7-12(15)10-19-14-5-3-2-4-13(14)16(18)20/h6-8,13-14,19H,2-5,10H2,1H3,(H2,18,20)/t13-,14-/m1/s1. The van der Waals surface area contributed by atoms with Crippen molar-refractivity contribution in [3.05, 3.63) is 29.3 Å².